The molecule has 2 fully saturated rings. The van der Waals surface area contributed by atoms with Crippen LogP contribution in [0, 0.1) is 0 Å². The Labute approximate surface area is 140 Å². The van der Waals surface area contributed by atoms with Gasteiger partial charge in [0, 0.05) is 12.1 Å². The fourth-order valence-corrected chi connectivity index (χ4v) is 4.46. The molecule has 0 aromatic carbocycles. The topological polar surface area (TPSA) is 12.0 Å². The van der Waals surface area contributed by atoms with Gasteiger partial charge in [-0.25, -0.2) is 0 Å². The van der Waals surface area contributed by atoms with Crippen LogP contribution >= 0.6 is 0 Å². The summed E-state index contributed by atoms with van der Waals surface area (Å²) in [5.74, 6) is 0. The van der Waals surface area contributed by atoms with Crippen LogP contribution in [0.4, 0.5) is 0 Å². The van der Waals surface area contributed by atoms with Crippen LogP contribution in [0.25, 0.3) is 0 Å². The van der Waals surface area contributed by atoms with E-state index in [9.17, 15) is 0 Å². The third-order valence-electron chi connectivity index (χ3n) is 5.93. The summed E-state index contributed by atoms with van der Waals surface area (Å²) in [7, 11) is 0. The normalized spacial score (nSPS) is 26.2. The maximum Gasteiger partial charge on any atom is 0.00696 e. The minimum Gasteiger partial charge on any atom is -0.311 e. The van der Waals surface area contributed by atoms with E-state index in [-0.39, 0.29) is 0 Å². The first kappa shape index (κ1) is 18.3. The highest BCUT2D eigenvalue weighted by Crippen LogP contribution is 2.21. The van der Waals surface area contributed by atoms with Crippen molar-refractivity contribution in [3.8, 4) is 0 Å². The second-order valence-corrected chi connectivity index (χ2v) is 8.02. The van der Waals surface area contributed by atoms with E-state index >= 15 is 0 Å². The molecule has 130 valence electrons. The highest BCUT2D eigenvalue weighted by molar-refractivity contribution is 4.76. The third-order valence-corrected chi connectivity index (χ3v) is 5.93. The zero-order chi connectivity index (χ0) is 15.3. The molecule has 0 amide bonds. The molecule has 0 bridgehead atoms. The van der Waals surface area contributed by atoms with E-state index < -0.39 is 0 Å². The van der Waals surface area contributed by atoms with Gasteiger partial charge in [0.1, 0.15) is 0 Å². The summed E-state index contributed by atoms with van der Waals surface area (Å²) in [5.41, 5.74) is 0. The van der Waals surface area contributed by atoms with E-state index in [2.05, 4.69) is 5.32 Å². The third kappa shape index (κ3) is 8.56. The minimum absolute atomic E-state index is 0.825. The van der Waals surface area contributed by atoms with Crippen molar-refractivity contribution >= 4 is 0 Å². The maximum atomic E-state index is 4.11. The van der Waals surface area contributed by atoms with Gasteiger partial charge in [-0.3, -0.25) is 0 Å². The lowest BCUT2D eigenvalue weighted by Crippen LogP contribution is -2.38. The van der Waals surface area contributed by atoms with Gasteiger partial charge in [0.05, 0.1) is 0 Å². The summed E-state index contributed by atoms with van der Waals surface area (Å²) in [4.78, 5) is 0. The standard InChI is InChI=1S/C21H41N/c1-2-5-9-13-17-20(16-12-8-4-1)22-21-18-14-10-6-3-7-11-15-19-21/h20-22H,1-19H2. The fourth-order valence-electron chi connectivity index (χ4n) is 4.46. The molecule has 0 atom stereocenters. The Morgan fingerprint density at radius 2 is 0.545 bits per heavy atom. The second kappa shape index (κ2) is 12.4. The van der Waals surface area contributed by atoms with Crippen molar-refractivity contribution in [2.24, 2.45) is 0 Å². The fraction of sp³-hybridized carbons (Fsp3) is 1.00. The van der Waals surface area contributed by atoms with Crippen molar-refractivity contribution in [2.75, 3.05) is 0 Å². The molecule has 0 saturated heterocycles. The molecule has 0 aromatic heterocycles. The quantitative estimate of drug-likeness (QED) is 0.594. The number of hydrogen-bond donors (Lipinski definition) is 1. The molecule has 1 heteroatoms. The molecule has 0 aliphatic heterocycles. The van der Waals surface area contributed by atoms with Gasteiger partial charge in [-0.15, -0.1) is 0 Å². The van der Waals surface area contributed by atoms with Crippen molar-refractivity contribution in [3.63, 3.8) is 0 Å². The lowest BCUT2D eigenvalue weighted by Gasteiger charge is -2.27. The van der Waals surface area contributed by atoms with Crippen molar-refractivity contribution in [1.29, 1.82) is 0 Å². The summed E-state index contributed by atoms with van der Waals surface area (Å²) in [6.07, 6.45) is 27.9. The lowest BCUT2D eigenvalue weighted by molar-refractivity contribution is 0.327. The maximum absolute atomic E-state index is 4.11. The highest BCUT2D eigenvalue weighted by Gasteiger charge is 2.16. The molecule has 22 heavy (non-hydrogen) atoms. The Bertz CT molecular complexity index is 228. The van der Waals surface area contributed by atoms with Gasteiger partial charge in [0.2, 0.25) is 0 Å². The highest BCUT2D eigenvalue weighted by atomic mass is 14.9. The van der Waals surface area contributed by atoms with Gasteiger partial charge in [-0.2, -0.15) is 0 Å². The largest absolute Gasteiger partial charge is 0.311 e. The van der Waals surface area contributed by atoms with Crippen LogP contribution in [0.3, 0.4) is 0 Å². The van der Waals surface area contributed by atoms with Crippen LogP contribution in [0.1, 0.15) is 122 Å². The van der Waals surface area contributed by atoms with Crippen LogP contribution in [0.15, 0.2) is 0 Å². The Morgan fingerprint density at radius 1 is 0.318 bits per heavy atom. The molecule has 0 unspecified atom stereocenters. The van der Waals surface area contributed by atoms with E-state index in [4.69, 9.17) is 0 Å². The van der Waals surface area contributed by atoms with Crippen molar-refractivity contribution < 1.29 is 0 Å². The van der Waals surface area contributed by atoms with E-state index in [1.54, 1.807) is 0 Å². The Kier molecular flexibility index (Phi) is 10.3. The average molecular weight is 308 g/mol. The van der Waals surface area contributed by atoms with Crippen molar-refractivity contribution in [1.82, 2.24) is 5.32 Å². The van der Waals surface area contributed by atoms with Gasteiger partial charge >= 0.3 is 0 Å². The summed E-state index contributed by atoms with van der Waals surface area (Å²) in [5, 5.41) is 4.11. The monoisotopic (exact) mass is 307 g/mol. The summed E-state index contributed by atoms with van der Waals surface area (Å²) in [6.45, 7) is 0. The Morgan fingerprint density at radius 3 is 0.818 bits per heavy atom. The number of rotatable bonds is 2. The van der Waals surface area contributed by atoms with Crippen LogP contribution in [0.2, 0.25) is 0 Å². The SMILES string of the molecule is C1CCCCCC(NC2CCCCCCCCC2)CCCC1. The van der Waals surface area contributed by atoms with Crippen LogP contribution in [0.5, 0.6) is 0 Å². The molecular weight excluding hydrogens is 266 g/mol. The Balaban J connectivity index is 1.75. The Hall–Kier alpha value is -0.0400. The smallest absolute Gasteiger partial charge is 0.00696 e. The molecule has 2 rings (SSSR count). The van der Waals surface area contributed by atoms with Gasteiger partial charge in [-0.05, 0) is 25.7 Å². The molecule has 0 heterocycles. The number of hydrogen-bond acceptors (Lipinski definition) is 1. The van der Waals surface area contributed by atoms with Gasteiger partial charge in [-0.1, -0.05) is 96.3 Å². The first-order chi connectivity index (χ1) is 10.9. The molecule has 2 aliphatic carbocycles. The van der Waals surface area contributed by atoms with Crippen molar-refractivity contribution in [3.05, 3.63) is 0 Å². The summed E-state index contributed by atoms with van der Waals surface area (Å²) < 4.78 is 0. The molecule has 0 aromatic rings. The number of nitrogens with one attached hydrogen (secondary N) is 1. The van der Waals surface area contributed by atoms with Gasteiger partial charge in [0.25, 0.3) is 0 Å². The molecule has 1 nitrogen and oxygen atoms in total. The van der Waals surface area contributed by atoms with Crippen LogP contribution in [-0.4, -0.2) is 12.1 Å². The van der Waals surface area contributed by atoms with E-state index in [0.29, 0.717) is 0 Å². The summed E-state index contributed by atoms with van der Waals surface area (Å²) in [6, 6.07) is 1.65. The van der Waals surface area contributed by atoms with E-state index in [1.165, 1.54) is 122 Å². The average Bonchev–Trinajstić information content (AvgIpc) is 2.60. The minimum atomic E-state index is 0.825. The zero-order valence-electron chi connectivity index (χ0n) is 15.1. The zero-order valence-corrected chi connectivity index (χ0v) is 15.1. The van der Waals surface area contributed by atoms with Crippen molar-refractivity contribution in [2.45, 2.75) is 134 Å². The van der Waals surface area contributed by atoms with Gasteiger partial charge in [0.15, 0.2) is 0 Å². The molecular formula is C21H41N. The predicted octanol–water partition coefficient (Wildman–Crippen LogP) is 6.75. The van der Waals surface area contributed by atoms with E-state index in [0.717, 1.165) is 12.1 Å². The molecule has 0 spiro atoms. The van der Waals surface area contributed by atoms with Gasteiger partial charge < -0.3 is 5.32 Å². The second-order valence-electron chi connectivity index (χ2n) is 8.02. The molecule has 0 radical (unpaired) electrons. The summed E-state index contributed by atoms with van der Waals surface area (Å²) >= 11 is 0. The lowest BCUT2D eigenvalue weighted by atomic mass is 9.95. The van der Waals surface area contributed by atoms with Crippen LogP contribution < -0.4 is 5.32 Å². The molecule has 2 aliphatic rings. The first-order valence-corrected chi connectivity index (χ1v) is 10.7. The van der Waals surface area contributed by atoms with Crippen LogP contribution in [-0.2, 0) is 0 Å². The predicted molar refractivity (Wildman–Crippen MR) is 98.4 cm³/mol. The molecule has 1 N–H and O–H groups in total. The molecule has 2 saturated carbocycles. The first-order valence-electron chi connectivity index (χ1n) is 10.7. The van der Waals surface area contributed by atoms with E-state index in [1.807, 2.05) is 0 Å².